The van der Waals surface area contributed by atoms with Gasteiger partial charge in [-0.2, -0.15) is 0 Å². The lowest BCUT2D eigenvalue weighted by molar-refractivity contribution is 0.227. The van der Waals surface area contributed by atoms with Crippen LogP contribution in [-0.4, -0.2) is 37.1 Å². The molecule has 0 amide bonds. The quantitative estimate of drug-likeness (QED) is 0.684. The van der Waals surface area contributed by atoms with Crippen molar-refractivity contribution in [1.29, 1.82) is 0 Å². The highest BCUT2D eigenvalue weighted by Gasteiger charge is 2.19. The lowest BCUT2D eigenvalue weighted by atomic mass is 10.1. The van der Waals surface area contributed by atoms with Gasteiger partial charge in [-0.05, 0) is 51.2 Å². The van der Waals surface area contributed by atoms with Gasteiger partial charge in [-0.25, -0.2) is 0 Å². The van der Waals surface area contributed by atoms with Crippen molar-refractivity contribution in [2.75, 3.05) is 26.2 Å². The molecule has 0 spiro atoms. The van der Waals surface area contributed by atoms with Crippen molar-refractivity contribution < 1.29 is 0 Å². The first kappa shape index (κ1) is 14.0. The fourth-order valence-corrected chi connectivity index (χ4v) is 2.73. The van der Waals surface area contributed by atoms with Crippen LogP contribution in [0.3, 0.4) is 0 Å². The van der Waals surface area contributed by atoms with E-state index in [1.165, 1.54) is 58.3 Å². The van der Waals surface area contributed by atoms with Crippen molar-refractivity contribution >= 4 is 0 Å². The summed E-state index contributed by atoms with van der Waals surface area (Å²) in [6.07, 6.45) is 6.76. The first-order valence-electron chi connectivity index (χ1n) is 7.22. The molecule has 2 atom stereocenters. The molecule has 16 heavy (non-hydrogen) atoms. The third-order valence-electron chi connectivity index (χ3n) is 3.78. The summed E-state index contributed by atoms with van der Waals surface area (Å²) in [4.78, 5) is 2.66. The second-order valence-electron chi connectivity index (χ2n) is 5.36. The van der Waals surface area contributed by atoms with E-state index in [4.69, 9.17) is 0 Å². The Kier molecular flexibility index (Phi) is 7.06. The van der Waals surface area contributed by atoms with E-state index in [0.717, 1.165) is 12.0 Å². The molecule has 0 aliphatic carbocycles. The number of likely N-dealkylation sites (tertiary alicyclic amines) is 1. The third-order valence-corrected chi connectivity index (χ3v) is 3.78. The Morgan fingerprint density at radius 2 is 1.81 bits per heavy atom. The molecule has 1 rings (SSSR count). The Labute approximate surface area is 102 Å². The summed E-state index contributed by atoms with van der Waals surface area (Å²) in [6.45, 7) is 12.0. The number of rotatable bonds is 8. The van der Waals surface area contributed by atoms with Gasteiger partial charge in [0, 0.05) is 12.6 Å². The van der Waals surface area contributed by atoms with Crippen LogP contribution in [0.4, 0.5) is 0 Å². The molecule has 1 N–H and O–H groups in total. The molecular weight excluding hydrogens is 196 g/mol. The molecule has 0 aromatic heterocycles. The van der Waals surface area contributed by atoms with Crippen molar-refractivity contribution in [3.05, 3.63) is 0 Å². The molecule has 0 aromatic carbocycles. The predicted octanol–water partition coefficient (Wildman–Crippen LogP) is 2.89. The van der Waals surface area contributed by atoms with Crippen LogP contribution in [0.15, 0.2) is 0 Å². The summed E-state index contributed by atoms with van der Waals surface area (Å²) in [5.41, 5.74) is 0. The van der Waals surface area contributed by atoms with Crippen molar-refractivity contribution in [1.82, 2.24) is 10.2 Å². The smallest absolute Gasteiger partial charge is 0.0218 e. The summed E-state index contributed by atoms with van der Waals surface area (Å²) < 4.78 is 0. The molecule has 1 aliphatic heterocycles. The molecule has 2 unspecified atom stereocenters. The maximum Gasteiger partial charge on any atom is 0.0218 e. The van der Waals surface area contributed by atoms with Gasteiger partial charge < -0.3 is 5.32 Å². The molecule has 0 aromatic rings. The summed E-state index contributed by atoms with van der Waals surface area (Å²) in [5.74, 6) is 0.834. The van der Waals surface area contributed by atoms with Crippen LogP contribution in [0.2, 0.25) is 0 Å². The first-order valence-corrected chi connectivity index (χ1v) is 7.22. The molecular formula is C14H30N2. The maximum atomic E-state index is 3.66. The summed E-state index contributed by atoms with van der Waals surface area (Å²) in [6, 6.07) is 0.774. The van der Waals surface area contributed by atoms with E-state index in [2.05, 4.69) is 31.0 Å². The Balaban J connectivity index is 2.13. The minimum atomic E-state index is 0.774. The maximum absolute atomic E-state index is 3.66. The minimum absolute atomic E-state index is 0.774. The number of hydrogen-bond donors (Lipinski definition) is 1. The van der Waals surface area contributed by atoms with Gasteiger partial charge in [-0.15, -0.1) is 0 Å². The molecule has 1 aliphatic rings. The van der Waals surface area contributed by atoms with Gasteiger partial charge in [-0.3, -0.25) is 4.90 Å². The molecule has 0 bridgehead atoms. The lowest BCUT2D eigenvalue weighted by Crippen LogP contribution is -2.41. The topological polar surface area (TPSA) is 15.3 Å². The van der Waals surface area contributed by atoms with E-state index in [-0.39, 0.29) is 0 Å². The van der Waals surface area contributed by atoms with E-state index in [9.17, 15) is 0 Å². The first-order chi connectivity index (χ1) is 7.77. The highest BCUT2D eigenvalue weighted by molar-refractivity contribution is 4.77. The van der Waals surface area contributed by atoms with Crippen LogP contribution in [0, 0.1) is 5.92 Å². The van der Waals surface area contributed by atoms with Gasteiger partial charge in [0.15, 0.2) is 0 Å². The molecule has 2 nitrogen and oxygen atoms in total. The minimum Gasteiger partial charge on any atom is -0.315 e. The summed E-state index contributed by atoms with van der Waals surface area (Å²) in [5, 5.41) is 3.66. The molecule has 0 radical (unpaired) electrons. The van der Waals surface area contributed by atoms with E-state index < -0.39 is 0 Å². The largest absolute Gasteiger partial charge is 0.315 e. The van der Waals surface area contributed by atoms with Crippen LogP contribution >= 0.6 is 0 Å². The number of hydrogen-bond acceptors (Lipinski definition) is 2. The molecule has 0 saturated carbocycles. The van der Waals surface area contributed by atoms with Crippen molar-refractivity contribution in [3.8, 4) is 0 Å². The van der Waals surface area contributed by atoms with Crippen LogP contribution in [0.1, 0.15) is 52.9 Å². The van der Waals surface area contributed by atoms with Gasteiger partial charge in [-0.1, -0.05) is 27.2 Å². The van der Waals surface area contributed by atoms with Crippen LogP contribution in [0.25, 0.3) is 0 Å². The van der Waals surface area contributed by atoms with Gasteiger partial charge in [0.2, 0.25) is 0 Å². The average Bonchev–Trinajstić information content (AvgIpc) is 2.78. The third kappa shape index (κ3) is 4.84. The monoisotopic (exact) mass is 226 g/mol. The number of nitrogens with one attached hydrogen (secondary N) is 1. The van der Waals surface area contributed by atoms with Gasteiger partial charge in [0.1, 0.15) is 0 Å². The second kappa shape index (κ2) is 8.08. The van der Waals surface area contributed by atoms with Crippen molar-refractivity contribution in [2.24, 2.45) is 5.92 Å². The standard InChI is InChI=1S/C14H30N2/c1-4-8-13(3)11-15-12-14(5-2)16-9-6-7-10-16/h13-15H,4-12H2,1-3H3. The molecule has 1 saturated heterocycles. The average molecular weight is 226 g/mol. The number of nitrogens with zero attached hydrogens (tertiary/aromatic N) is 1. The zero-order valence-electron chi connectivity index (χ0n) is 11.5. The molecule has 1 fully saturated rings. The van der Waals surface area contributed by atoms with Crippen LogP contribution in [0.5, 0.6) is 0 Å². The zero-order valence-corrected chi connectivity index (χ0v) is 11.5. The van der Waals surface area contributed by atoms with Gasteiger partial charge in [0.25, 0.3) is 0 Å². The van der Waals surface area contributed by atoms with Crippen LogP contribution in [-0.2, 0) is 0 Å². The summed E-state index contributed by atoms with van der Waals surface area (Å²) >= 11 is 0. The highest BCUT2D eigenvalue weighted by Crippen LogP contribution is 2.13. The lowest BCUT2D eigenvalue weighted by Gasteiger charge is -2.27. The Bertz CT molecular complexity index is 164. The SMILES string of the molecule is CCCC(C)CNCC(CC)N1CCCC1. The van der Waals surface area contributed by atoms with E-state index in [1.807, 2.05) is 0 Å². The van der Waals surface area contributed by atoms with Crippen molar-refractivity contribution in [2.45, 2.75) is 58.9 Å². The second-order valence-corrected chi connectivity index (χ2v) is 5.36. The Hall–Kier alpha value is -0.0800. The van der Waals surface area contributed by atoms with Gasteiger partial charge in [0.05, 0.1) is 0 Å². The highest BCUT2D eigenvalue weighted by atomic mass is 15.2. The fraction of sp³-hybridized carbons (Fsp3) is 1.00. The van der Waals surface area contributed by atoms with E-state index >= 15 is 0 Å². The van der Waals surface area contributed by atoms with Gasteiger partial charge >= 0.3 is 0 Å². The Morgan fingerprint density at radius 3 is 2.38 bits per heavy atom. The predicted molar refractivity (Wildman–Crippen MR) is 71.8 cm³/mol. The normalized spacial score (nSPS) is 21.2. The van der Waals surface area contributed by atoms with Crippen molar-refractivity contribution in [3.63, 3.8) is 0 Å². The zero-order chi connectivity index (χ0) is 11.8. The fourth-order valence-electron chi connectivity index (χ4n) is 2.73. The van der Waals surface area contributed by atoms with E-state index in [1.54, 1.807) is 0 Å². The molecule has 2 heteroatoms. The Morgan fingerprint density at radius 1 is 1.12 bits per heavy atom. The molecule has 96 valence electrons. The van der Waals surface area contributed by atoms with Crippen LogP contribution < -0.4 is 5.32 Å². The molecule has 1 heterocycles. The van der Waals surface area contributed by atoms with E-state index in [0.29, 0.717) is 0 Å². The summed E-state index contributed by atoms with van der Waals surface area (Å²) in [7, 11) is 0.